The van der Waals surface area contributed by atoms with Gasteiger partial charge in [-0.05, 0) is 47.7 Å². The maximum atomic E-state index is 14.6. The quantitative estimate of drug-likeness (QED) is 0.674. The van der Waals surface area contributed by atoms with Crippen molar-refractivity contribution in [2.75, 3.05) is 0 Å². The van der Waals surface area contributed by atoms with E-state index < -0.39 is 23.0 Å². The molecule has 0 amide bonds. The van der Waals surface area contributed by atoms with Crippen molar-refractivity contribution in [3.8, 4) is 28.0 Å². The van der Waals surface area contributed by atoms with Crippen LogP contribution in [0.4, 0.5) is 8.78 Å². The van der Waals surface area contributed by atoms with Gasteiger partial charge in [-0.3, -0.25) is 4.79 Å². The second-order valence-corrected chi connectivity index (χ2v) is 6.82. The Kier molecular flexibility index (Phi) is 3.95. The van der Waals surface area contributed by atoms with E-state index in [9.17, 15) is 23.8 Å². The lowest BCUT2D eigenvalue weighted by molar-refractivity contribution is -0.140. The van der Waals surface area contributed by atoms with Crippen LogP contribution in [0.15, 0.2) is 60.7 Å². The van der Waals surface area contributed by atoms with Gasteiger partial charge in [0.05, 0.1) is 5.41 Å². The predicted molar refractivity (Wildman–Crippen MR) is 97.4 cm³/mol. The number of halogens is 2. The molecule has 0 aromatic heterocycles. The minimum atomic E-state index is -0.945. The van der Waals surface area contributed by atoms with Gasteiger partial charge in [-0.2, -0.15) is 0 Å². The molecule has 0 spiro atoms. The zero-order chi connectivity index (χ0) is 19.2. The smallest absolute Gasteiger partial charge is 0.314 e. The van der Waals surface area contributed by atoms with Crippen LogP contribution in [0.3, 0.4) is 0 Å². The largest absolute Gasteiger partial charge is 0.508 e. The number of rotatable bonds is 4. The Bertz CT molecular complexity index is 1040. The zero-order valence-corrected chi connectivity index (χ0v) is 14.2. The Morgan fingerprint density at radius 1 is 0.815 bits per heavy atom. The van der Waals surface area contributed by atoms with Crippen molar-refractivity contribution in [1.82, 2.24) is 0 Å². The molecular weight excluding hydrogens is 350 g/mol. The third-order valence-electron chi connectivity index (χ3n) is 5.14. The summed E-state index contributed by atoms with van der Waals surface area (Å²) in [7, 11) is 0. The van der Waals surface area contributed by atoms with Gasteiger partial charge in [0.25, 0.3) is 0 Å². The molecule has 0 bridgehead atoms. The van der Waals surface area contributed by atoms with E-state index in [0.717, 1.165) is 6.07 Å². The summed E-state index contributed by atoms with van der Waals surface area (Å²) in [5.41, 5.74) is 1.46. The summed E-state index contributed by atoms with van der Waals surface area (Å²) < 4.78 is 28.6. The molecule has 0 unspecified atom stereocenters. The van der Waals surface area contributed by atoms with Gasteiger partial charge in [-0.1, -0.05) is 36.4 Å². The molecule has 1 saturated carbocycles. The Morgan fingerprint density at radius 3 is 1.78 bits per heavy atom. The van der Waals surface area contributed by atoms with Crippen molar-refractivity contribution in [2.45, 2.75) is 18.3 Å². The number of hydrogen-bond acceptors (Lipinski definition) is 2. The first kappa shape index (κ1) is 17.2. The molecule has 1 aliphatic rings. The van der Waals surface area contributed by atoms with Crippen molar-refractivity contribution in [2.24, 2.45) is 0 Å². The van der Waals surface area contributed by atoms with E-state index in [2.05, 4.69) is 0 Å². The van der Waals surface area contributed by atoms with Gasteiger partial charge in [0.15, 0.2) is 0 Å². The van der Waals surface area contributed by atoms with Gasteiger partial charge in [0, 0.05) is 17.2 Å². The molecule has 1 aliphatic carbocycles. The number of carboxylic acids is 1. The van der Waals surface area contributed by atoms with Crippen molar-refractivity contribution < 1.29 is 23.8 Å². The second kappa shape index (κ2) is 6.20. The summed E-state index contributed by atoms with van der Waals surface area (Å²) in [4.78, 5) is 11.4. The standard InChI is InChI=1S/C22H16F2O3/c23-19-11-15(22(9-10-22)21(26)27)5-7-17(19)13-1-3-14(4-2-13)18-8-6-16(25)12-20(18)24/h1-8,11-12,25H,9-10H2,(H,26,27). The van der Waals surface area contributed by atoms with Gasteiger partial charge < -0.3 is 10.2 Å². The molecule has 3 aromatic carbocycles. The number of phenolic OH excluding ortho intramolecular Hbond substituents is 1. The van der Waals surface area contributed by atoms with Crippen LogP contribution >= 0.6 is 0 Å². The summed E-state index contributed by atoms with van der Waals surface area (Å²) >= 11 is 0. The maximum absolute atomic E-state index is 14.6. The van der Waals surface area contributed by atoms with Crippen LogP contribution in [-0.2, 0) is 10.2 Å². The molecule has 0 atom stereocenters. The number of phenols is 1. The van der Waals surface area contributed by atoms with E-state index in [0.29, 0.717) is 40.7 Å². The second-order valence-electron chi connectivity index (χ2n) is 6.82. The molecule has 3 aromatic rings. The van der Waals surface area contributed by atoms with Crippen molar-refractivity contribution in [1.29, 1.82) is 0 Å². The van der Waals surface area contributed by atoms with Crippen molar-refractivity contribution in [3.05, 3.63) is 77.9 Å². The Labute approximate surface area is 154 Å². The Balaban J connectivity index is 1.65. The lowest BCUT2D eigenvalue weighted by atomic mass is 9.93. The van der Waals surface area contributed by atoms with Crippen LogP contribution in [0.2, 0.25) is 0 Å². The summed E-state index contributed by atoms with van der Waals surface area (Å²) in [6.45, 7) is 0. The van der Waals surface area contributed by atoms with Crippen LogP contribution in [0.5, 0.6) is 5.75 Å². The average molecular weight is 366 g/mol. The molecule has 0 aliphatic heterocycles. The van der Waals surface area contributed by atoms with E-state index in [-0.39, 0.29) is 5.75 Å². The van der Waals surface area contributed by atoms with Crippen LogP contribution in [0.1, 0.15) is 18.4 Å². The SMILES string of the molecule is O=C(O)C1(c2ccc(-c3ccc(-c4ccc(O)cc4F)cc3)c(F)c2)CC1. The Morgan fingerprint density at radius 2 is 1.33 bits per heavy atom. The number of carbonyl (C=O) groups is 1. The molecular formula is C22H16F2O3. The van der Waals surface area contributed by atoms with Gasteiger partial charge in [0.2, 0.25) is 0 Å². The predicted octanol–water partition coefficient (Wildman–Crippen LogP) is 5.12. The zero-order valence-electron chi connectivity index (χ0n) is 14.2. The molecule has 2 N–H and O–H groups in total. The number of hydrogen-bond donors (Lipinski definition) is 2. The molecule has 0 radical (unpaired) electrons. The van der Waals surface area contributed by atoms with Gasteiger partial charge in [-0.15, -0.1) is 0 Å². The van der Waals surface area contributed by atoms with Crippen LogP contribution in [0.25, 0.3) is 22.3 Å². The van der Waals surface area contributed by atoms with E-state index in [4.69, 9.17) is 0 Å². The van der Waals surface area contributed by atoms with Gasteiger partial charge >= 0.3 is 5.97 Å². The van der Waals surface area contributed by atoms with E-state index >= 15 is 0 Å². The monoisotopic (exact) mass is 366 g/mol. The van der Waals surface area contributed by atoms with Crippen molar-refractivity contribution in [3.63, 3.8) is 0 Å². The first-order valence-corrected chi connectivity index (χ1v) is 8.53. The topological polar surface area (TPSA) is 57.5 Å². The third-order valence-corrected chi connectivity index (χ3v) is 5.14. The van der Waals surface area contributed by atoms with E-state index in [1.54, 1.807) is 36.4 Å². The maximum Gasteiger partial charge on any atom is 0.314 e. The minimum Gasteiger partial charge on any atom is -0.508 e. The van der Waals surface area contributed by atoms with Crippen LogP contribution in [-0.4, -0.2) is 16.2 Å². The highest BCUT2D eigenvalue weighted by Crippen LogP contribution is 2.49. The summed E-state index contributed by atoms with van der Waals surface area (Å²) in [5, 5.41) is 18.7. The molecule has 27 heavy (non-hydrogen) atoms. The summed E-state index contributed by atoms with van der Waals surface area (Å²) in [5.74, 6) is -2.09. The minimum absolute atomic E-state index is 0.148. The molecule has 3 nitrogen and oxygen atoms in total. The van der Waals surface area contributed by atoms with E-state index in [1.807, 2.05) is 0 Å². The highest BCUT2D eigenvalue weighted by atomic mass is 19.1. The highest BCUT2D eigenvalue weighted by molar-refractivity contribution is 5.85. The molecule has 0 heterocycles. The average Bonchev–Trinajstić information content (AvgIpc) is 3.44. The number of aliphatic carboxylic acids is 1. The van der Waals surface area contributed by atoms with Crippen LogP contribution < -0.4 is 0 Å². The number of aromatic hydroxyl groups is 1. The van der Waals surface area contributed by atoms with Gasteiger partial charge in [0.1, 0.15) is 17.4 Å². The fraction of sp³-hybridized carbons (Fsp3) is 0.136. The van der Waals surface area contributed by atoms with Crippen molar-refractivity contribution >= 4 is 5.97 Å². The number of carboxylic acid groups (broad SMARTS) is 1. The first-order chi connectivity index (χ1) is 12.9. The lowest BCUT2D eigenvalue weighted by Crippen LogP contribution is -2.19. The third kappa shape index (κ3) is 2.95. The lowest BCUT2D eigenvalue weighted by Gasteiger charge is -2.12. The highest BCUT2D eigenvalue weighted by Gasteiger charge is 2.51. The summed E-state index contributed by atoms with van der Waals surface area (Å²) in [6.07, 6.45) is 1.04. The van der Waals surface area contributed by atoms with Crippen LogP contribution in [0, 0.1) is 11.6 Å². The first-order valence-electron chi connectivity index (χ1n) is 8.53. The molecule has 136 valence electrons. The molecule has 4 rings (SSSR count). The molecule has 1 fully saturated rings. The Hall–Kier alpha value is -3.21. The normalized spacial score (nSPS) is 14.7. The fourth-order valence-electron chi connectivity index (χ4n) is 3.37. The molecule has 0 saturated heterocycles. The molecule has 5 heteroatoms. The van der Waals surface area contributed by atoms with E-state index in [1.165, 1.54) is 18.2 Å². The number of benzene rings is 3. The summed E-state index contributed by atoms with van der Waals surface area (Å²) in [6, 6.07) is 15.2. The fourth-order valence-corrected chi connectivity index (χ4v) is 3.37. The van der Waals surface area contributed by atoms with Gasteiger partial charge in [-0.25, -0.2) is 8.78 Å².